The minimum absolute atomic E-state index is 0.110. The van der Waals surface area contributed by atoms with Crippen LogP contribution in [-0.2, 0) is 5.41 Å². The molecule has 9 aromatic carbocycles. The fourth-order valence-corrected chi connectivity index (χ4v) is 11.2. The molecule has 3 heteroatoms. The predicted molar refractivity (Wildman–Crippen MR) is 249 cm³/mol. The highest BCUT2D eigenvalue weighted by atomic mass is 32.1. The lowest BCUT2D eigenvalue weighted by Crippen LogP contribution is -2.16. The Bertz CT molecular complexity index is 3380. The molecule has 12 rings (SSSR count). The molecule has 0 atom stereocenters. The van der Waals surface area contributed by atoms with Gasteiger partial charge in [0.1, 0.15) is 0 Å². The minimum Gasteiger partial charge on any atom is -0.309 e. The molecule has 0 radical (unpaired) electrons. The monoisotopic (exact) mass is 758 g/mol. The molecule has 11 aromatic rings. The summed E-state index contributed by atoms with van der Waals surface area (Å²) in [4.78, 5) is 2.52. The van der Waals surface area contributed by atoms with Crippen molar-refractivity contribution in [3.8, 4) is 27.9 Å². The molecule has 0 fully saturated rings. The van der Waals surface area contributed by atoms with Crippen LogP contribution in [0.5, 0.6) is 0 Å². The van der Waals surface area contributed by atoms with Crippen molar-refractivity contribution in [2.45, 2.75) is 19.3 Å². The lowest BCUT2D eigenvalue weighted by atomic mass is 9.82. The quantitative estimate of drug-likeness (QED) is 0.170. The highest BCUT2D eigenvalue weighted by Gasteiger charge is 2.38. The Morgan fingerprint density at radius 3 is 1.88 bits per heavy atom. The largest absolute Gasteiger partial charge is 0.309 e. The van der Waals surface area contributed by atoms with Gasteiger partial charge in [0.15, 0.2) is 0 Å². The van der Waals surface area contributed by atoms with Gasteiger partial charge in [-0.15, -0.1) is 11.3 Å². The first-order valence-corrected chi connectivity index (χ1v) is 20.9. The second-order valence-corrected chi connectivity index (χ2v) is 17.1. The molecule has 0 spiro atoms. The Labute approximate surface area is 341 Å². The first kappa shape index (κ1) is 33.2. The maximum atomic E-state index is 2.52. The van der Waals surface area contributed by atoms with Crippen molar-refractivity contribution in [3.05, 3.63) is 205 Å². The van der Waals surface area contributed by atoms with Crippen LogP contribution in [0.2, 0.25) is 0 Å². The van der Waals surface area contributed by atoms with Gasteiger partial charge in [-0.2, -0.15) is 0 Å². The maximum Gasteiger partial charge on any atom is 0.0640 e. The molecule has 0 bridgehead atoms. The molecule has 1 aliphatic rings. The first-order valence-electron chi connectivity index (χ1n) is 20.1. The van der Waals surface area contributed by atoms with Crippen LogP contribution in [0.3, 0.4) is 0 Å². The summed E-state index contributed by atoms with van der Waals surface area (Å²) in [6.45, 7) is 4.73. The second-order valence-electron chi connectivity index (χ2n) is 16.1. The molecule has 2 aromatic heterocycles. The molecule has 0 unspecified atom stereocenters. The van der Waals surface area contributed by atoms with E-state index in [0.717, 1.165) is 11.4 Å². The molecule has 1 aliphatic carbocycles. The van der Waals surface area contributed by atoms with Crippen molar-refractivity contribution >= 4 is 81.1 Å². The van der Waals surface area contributed by atoms with Gasteiger partial charge in [0.05, 0.1) is 27.1 Å². The number of thiophene rings is 1. The number of nitrogens with zero attached hydrogens (tertiary/aromatic N) is 2. The van der Waals surface area contributed by atoms with Crippen LogP contribution >= 0.6 is 11.3 Å². The third-order valence-corrected chi connectivity index (χ3v) is 13.9. The summed E-state index contributed by atoms with van der Waals surface area (Å²) in [6.07, 6.45) is 0. The summed E-state index contributed by atoms with van der Waals surface area (Å²) >= 11 is 1.91. The summed E-state index contributed by atoms with van der Waals surface area (Å²) < 4.78 is 5.03. The smallest absolute Gasteiger partial charge is 0.0640 e. The number of para-hydroxylation sites is 2. The maximum absolute atomic E-state index is 2.52. The Balaban J connectivity index is 1.05. The van der Waals surface area contributed by atoms with E-state index in [1.807, 2.05) is 11.3 Å². The normalized spacial score (nSPS) is 13.1. The van der Waals surface area contributed by atoms with E-state index in [2.05, 4.69) is 217 Å². The van der Waals surface area contributed by atoms with Crippen molar-refractivity contribution in [1.29, 1.82) is 0 Å². The average molecular weight is 759 g/mol. The number of hydrogen-bond acceptors (Lipinski definition) is 2. The zero-order chi connectivity index (χ0) is 38.5. The van der Waals surface area contributed by atoms with Gasteiger partial charge in [0, 0.05) is 48.6 Å². The third kappa shape index (κ3) is 4.77. The Hall–Kier alpha value is -6.94. The number of hydrogen-bond donors (Lipinski definition) is 0. The number of fused-ring (bicyclic) bond motifs is 11. The van der Waals surface area contributed by atoms with Crippen LogP contribution < -0.4 is 4.90 Å². The van der Waals surface area contributed by atoms with Gasteiger partial charge in [0.25, 0.3) is 0 Å². The van der Waals surface area contributed by atoms with Gasteiger partial charge in [-0.25, -0.2) is 0 Å². The van der Waals surface area contributed by atoms with E-state index in [9.17, 15) is 0 Å². The van der Waals surface area contributed by atoms with Crippen molar-refractivity contribution in [2.24, 2.45) is 0 Å². The molecule has 0 saturated heterocycles. The van der Waals surface area contributed by atoms with Gasteiger partial charge < -0.3 is 9.47 Å². The van der Waals surface area contributed by atoms with Gasteiger partial charge >= 0.3 is 0 Å². The van der Waals surface area contributed by atoms with E-state index in [1.54, 1.807) is 0 Å². The summed E-state index contributed by atoms with van der Waals surface area (Å²) in [6, 6.07) is 71.7. The highest BCUT2D eigenvalue weighted by molar-refractivity contribution is 7.27. The molecule has 0 amide bonds. The van der Waals surface area contributed by atoms with E-state index < -0.39 is 0 Å². The molecule has 58 heavy (non-hydrogen) atoms. The Morgan fingerprint density at radius 2 is 1.07 bits per heavy atom. The van der Waals surface area contributed by atoms with Crippen molar-refractivity contribution < 1.29 is 0 Å². The number of aromatic nitrogens is 1. The highest BCUT2D eigenvalue weighted by Crippen LogP contribution is 2.55. The lowest BCUT2D eigenvalue weighted by Gasteiger charge is -2.29. The summed E-state index contributed by atoms with van der Waals surface area (Å²) in [5.41, 5.74) is 14.8. The SMILES string of the molecule is CC1(C)c2ccccc2-c2c(N(c3ccc(-c4cccc(-n5c6ccccc6c6ccccc65)c4)cc3)c3cccc4c3sc3c5ccccc5ccc43)cccc21. The molecule has 0 aliphatic heterocycles. The van der Waals surface area contributed by atoms with Crippen LogP contribution in [0.1, 0.15) is 25.0 Å². The van der Waals surface area contributed by atoms with Crippen LogP contribution in [0.4, 0.5) is 17.1 Å². The molecular weight excluding hydrogens is 721 g/mol. The van der Waals surface area contributed by atoms with Crippen LogP contribution in [-0.4, -0.2) is 4.57 Å². The molecule has 0 saturated carbocycles. The molecule has 0 N–H and O–H groups in total. The number of rotatable bonds is 5. The van der Waals surface area contributed by atoms with E-state index in [-0.39, 0.29) is 5.41 Å². The van der Waals surface area contributed by atoms with E-state index >= 15 is 0 Å². The van der Waals surface area contributed by atoms with E-state index in [0.29, 0.717) is 0 Å². The van der Waals surface area contributed by atoms with Crippen LogP contribution in [0.15, 0.2) is 194 Å². The lowest BCUT2D eigenvalue weighted by molar-refractivity contribution is 0.660. The van der Waals surface area contributed by atoms with Crippen molar-refractivity contribution in [2.75, 3.05) is 4.90 Å². The van der Waals surface area contributed by atoms with Crippen LogP contribution in [0, 0.1) is 0 Å². The van der Waals surface area contributed by atoms with Crippen LogP contribution in [0.25, 0.3) is 80.7 Å². The summed E-state index contributed by atoms with van der Waals surface area (Å²) in [7, 11) is 0. The molecule has 2 heterocycles. The zero-order valence-electron chi connectivity index (χ0n) is 32.3. The van der Waals surface area contributed by atoms with Gasteiger partial charge in [0.2, 0.25) is 0 Å². The summed E-state index contributed by atoms with van der Waals surface area (Å²) in [5, 5.41) is 7.73. The molecular formula is C55H38N2S. The third-order valence-electron chi connectivity index (χ3n) is 12.6. The minimum atomic E-state index is -0.110. The fraction of sp³-hybridized carbons (Fsp3) is 0.0545. The second kappa shape index (κ2) is 12.5. The predicted octanol–water partition coefficient (Wildman–Crippen LogP) is 15.7. The number of benzene rings is 9. The van der Waals surface area contributed by atoms with E-state index in [1.165, 1.54) is 97.5 Å². The summed E-state index contributed by atoms with van der Waals surface area (Å²) in [5.74, 6) is 0. The fourth-order valence-electron chi connectivity index (χ4n) is 9.85. The van der Waals surface area contributed by atoms with Gasteiger partial charge in [-0.3, -0.25) is 0 Å². The van der Waals surface area contributed by atoms with Gasteiger partial charge in [-0.05, 0) is 87.1 Å². The topological polar surface area (TPSA) is 8.17 Å². The van der Waals surface area contributed by atoms with E-state index in [4.69, 9.17) is 0 Å². The van der Waals surface area contributed by atoms with Crippen molar-refractivity contribution in [1.82, 2.24) is 4.57 Å². The standard InChI is InChI=1S/C55H38N2S/c1-55(2)46-22-8-5-20-45(46)52-47(55)23-13-26-50(52)56(51-27-12-21-43-44-33-30-36-14-3-4-17-40(36)53(44)58-54(43)51)38-31-28-35(29-32-38)37-15-11-16-39(34-37)57-48-24-9-6-18-41(48)42-19-7-10-25-49(42)57/h3-34H,1-2H3. The first-order chi connectivity index (χ1) is 28.5. The average Bonchev–Trinajstić information content (AvgIpc) is 3.91. The number of anilines is 3. The molecule has 274 valence electrons. The molecule has 2 nitrogen and oxygen atoms in total. The van der Waals surface area contributed by atoms with Gasteiger partial charge in [-0.1, -0.05) is 159 Å². The zero-order valence-corrected chi connectivity index (χ0v) is 33.1. The van der Waals surface area contributed by atoms with Crippen molar-refractivity contribution in [3.63, 3.8) is 0 Å². The Morgan fingerprint density at radius 1 is 0.448 bits per heavy atom. The Kier molecular flexibility index (Phi) is 7.18.